The quantitative estimate of drug-likeness (QED) is 0.798. The predicted molar refractivity (Wildman–Crippen MR) is 87.5 cm³/mol. The Balaban J connectivity index is 2.31. The number of nitrogens with one attached hydrogen (secondary N) is 1. The summed E-state index contributed by atoms with van der Waals surface area (Å²) in [6.45, 7) is 3.64. The molecule has 0 aliphatic rings. The molecule has 0 spiro atoms. The van der Waals surface area contributed by atoms with Gasteiger partial charge in [0.25, 0.3) is 15.9 Å². The van der Waals surface area contributed by atoms with Gasteiger partial charge in [-0.3, -0.25) is 4.79 Å². The lowest BCUT2D eigenvalue weighted by Crippen LogP contribution is -2.31. The summed E-state index contributed by atoms with van der Waals surface area (Å²) < 4.78 is 26.8. The van der Waals surface area contributed by atoms with Gasteiger partial charge in [-0.2, -0.15) is 0 Å². The summed E-state index contributed by atoms with van der Waals surface area (Å²) in [5.41, 5.74) is 1.99. The van der Waals surface area contributed by atoms with Crippen molar-refractivity contribution in [1.29, 1.82) is 0 Å². The molecule has 22 heavy (non-hydrogen) atoms. The zero-order valence-electron chi connectivity index (χ0n) is 11.7. The minimum absolute atomic E-state index is 0.139. The molecule has 1 aromatic carbocycles. The fourth-order valence-corrected chi connectivity index (χ4v) is 3.40. The molecule has 0 fully saturated rings. The van der Waals surface area contributed by atoms with Gasteiger partial charge in [0.05, 0.1) is 4.47 Å². The van der Waals surface area contributed by atoms with Crippen molar-refractivity contribution in [2.75, 3.05) is 0 Å². The number of aryl methyl sites for hydroxylation is 2. The number of sulfonamides is 1. The van der Waals surface area contributed by atoms with Crippen molar-refractivity contribution in [3.05, 3.63) is 56.8 Å². The molecule has 0 saturated carbocycles. The van der Waals surface area contributed by atoms with E-state index >= 15 is 0 Å². The molecule has 2 aromatic rings. The molecule has 0 saturated heterocycles. The minimum atomic E-state index is -4.02. The van der Waals surface area contributed by atoms with Crippen molar-refractivity contribution in [2.45, 2.75) is 18.7 Å². The van der Waals surface area contributed by atoms with Crippen LogP contribution >= 0.6 is 27.5 Å². The summed E-state index contributed by atoms with van der Waals surface area (Å²) in [5, 5.41) is 0.139. The molecule has 1 amide bonds. The number of pyridine rings is 1. The number of hydrogen-bond acceptors (Lipinski definition) is 4. The van der Waals surface area contributed by atoms with Gasteiger partial charge in [-0.25, -0.2) is 18.1 Å². The average Bonchev–Trinajstić information content (AvgIpc) is 2.40. The maximum absolute atomic E-state index is 12.2. The van der Waals surface area contributed by atoms with Gasteiger partial charge in [-0.1, -0.05) is 29.3 Å². The lowest BCUT2D eigenvalue weighted by atomic mass is 10.1. The average molecular weight is 404 g/mol. The molecule has 5 nitrogen and oxygen atoms in total. The highest BCUT2D eigenvalue weighted by atomic mass is 79.9. The summed E-state index contributed by atoms with van der Waals surface area (Å²) in [7, 11) is -4.02. The van der Waals surface area contributed by atoms with Crippen LogP contribution in [0.1, 0.15) is 21.5 Å². The number of carbonyl (C=O) groups is 1. The largest absolute Gasteiger partial charge is 0.268 e. The van der Waals surface area contributed by atoms with Crippen LogP contribution in [0.25, 0.3) is 0 Å². The zero-order valence-corrected chi connectivity index (χ0v) is 14.9. The molecular formula is C14H12BrClN2O3S. The van der Waals surface area contributed by atoms with Gasteiger partial charge in [0.15, 0.2) is 0 Å². The second-order valence-corrected chi connectivity index (χ2v) is 7.59. The van der Waals surface area contributed by atoms with Gasteiger partial charge in [0.2, 0.25) is 0 Å². The first-order valence-electron chi connectivity index (χ1n) is 6.16. The van der Waals surface area contributed by atoms with Crippen LogP contribution in [-0.2, 0) is 10.0 Å². The van der Waals surface area contributed by atoms with E-state index in [9.17, 15) is 13.2 Å². The van der Waals surface area contributed by atoms with E-state index in [-0.39, 0.29) is 10.0 Å². The van der Waals surface area contributed by atoms with Crippen molar-refractivity contribution in [3.8, 4) is 0 Å². The van der Waals surface area contributed by atoms with E-state index in [0.29, 0.717) is 15.6 Å². The van der Waals surface area contributed by atoms with Crippen molar-refractivity contribution < 1.29 is 13.2 Å². The number of halogens is 2. The number of carbonyl (C=O) groups excluding carboxylic acids is 1. The summed E-state index contributed by atoms with van der Waals surface area (Å²) in [4.78, 5) is 15.8. The topological polar surface area (TPSA) is 76.1 Å². The normalized spacial score (nSPS) is 11.3. The lowest BCUT2D eigenvalue weighted by Gasteiger charge is -2.09. The van der Waals surface area contributed by atoms with Crippen LogP contribution < -0.4 is 4.72 Å². The van der Waals surface area contributed by atoms with Crippen LogP contribution in [0.3, 0.4) is 0 Å². The molecule has 1 aromatic heterocycles. The summed E-state index contributed by atoms with van der Waals surface area (Å²) in [6.07, 6.45) is 1.09. The van der Waals surface area contributed by atoms with Crippen LogP contribution in [0, 0.1) is 13.8 Å². The summed E-state index contributed by atoms with van der Waals surface area (Å²) in [6, 6.07) is 6.43. The molecule has 0 aliphatic carbocycles. The zero-order chi connectivity index (χ0) is 16.5. The fraction of sp³-hybridized carbons (Fsp3) is 0.143. The highest BCUT2D eigenvalue weighted by molar-refractivity contribution is 9.10. The SMILES string of the molecule is Cc1ccc(C(=O)NS(=O)(=O)c2cnc(Cl)c(Br)c2)c(C)c1. The Morgan fingerprint density at radius 3 is 2.55 bits per heavy atom. The molecule has 0 radical (unpaired) electrons. The van der Waals surface area contributed by atoms with Crippen molar-refractivity contribution in [2.24, 2.45) is 0 Å². The molecule has 1 N–H and O–H groups in total. The molecule has 0 unspecified atom stereocenters. The Morgan fingerprint density at radius 2 is 1.95 bits per heavy atom. The fourth-order valence-electron chi connectivity index (χ4n) is 1.85. The third-order valence-electron chi connectivity index (χ3n) is 2.94. The van der Waals surface area contributed by atoms with Gasteiger partial charge in [0, 0.05) is 11.8 Å². The number of amides is 1. The van der Waals surface area contributed by atoms with E-state index in [1.807, 2.05) is 17.7 Å². The Hall–Kier alpha value is -1.44. The maximum atomic E-state index is 12.2. The maximum Gasteiger partial charge on any atom is 0.265 e. The molecule has 0 aliphatic heterocycles. The van der Waals surface area contributed by atoms with Crippen LogP contribution in [-0.4, -0.2) is 19.3 Å². The van der Waals surface area contributed by atoms with E-state index in [2.05, 4.69) is 20.9 Å². The number of nitrogens with zero attached hydrogens (tertiary/aromatic N) is 1. The van der Waals surface area contributed by atoms with E-state index in [1.165, 1.54) is 6.07 Å². The van der Waals surface area contributed by atoms with Gasteiger partial charge in [-0.05, 0) is 47.5 Å². The van der Waals surface area contributed by atoms with Crippen LogP contribution in [0.2, 0.25) is 5.15 Å². The highest BCUT2D eigenvalue weighted by Crippen LogP contribution is 2.23. The monoisotopic (exact) mass is 402 g/mol. The van der Waals surface area contributed by atoms with Crippen molar-refractivity contribution in [3.63, 3.8) is 0 Å². The Morgan fingerprint density at radius 1 is 1.27 bits per heavy atom. The Kier molecular flexibility index (Phi) is 4.89. The first-order valence-corrected chi connectivity index (χ1v) is 8.81. The smallest absolute Gasteiger partial charge is 0.265 e. The minimum Gasteiger partial charge on any atom is -0.268 e. The van der Waals surface area contributed by atoms with E-state index in [1.54, 1.807) is 19.1 Å². The number of benzene rings is 1. The molecule has 8 heteroatoms. The molecular weight excluding hydrogens is 392 g/mol. The van der Waals surface area contributed by atoms with E-state index < -0.39 is 15.9 Å². The second-order valence-electron chi connectivity index (χ2n) is 4.70. The van der Waals surface area contributed by atoms with Crippen molar-refractivity contribution >= 4 is 43.5 Å². The van der Waals surface area contributed by atoms with Crippen LogP contribution in [0.5, 0.6) is 0 Å². The third-order valence-corrected chi connectivity index (χ3v) is 5.37. The number of aromatic nitrogens is 1. The molecule has 0 atom stereocenters. The van der Waals surface area contributed by atoms with Crippen LogP contribution in [0.4, 0.5) is 0 Å². The molecule has 116 valence electrons. The lowest BCUT2D eigenvalue weighted by molar-refractivity contribution is 0.0981. The third kappa shape index (κ3) is 3.66. The van der Waals surface area contributed by atoms with Gasteiger partial charge >= 0.3 is 0 Å². The molecule has 0 bridgehead atoms. The Bertz CT molecular complexity index is 853. The second kappa shape index (κ2) is 6.36. The molecule has 1 heterocycles. The van der Waals surface area contributed by atoms with Gasteiger partial charge in [0.1, 0.15) is 10.0 Å². The van der Waals surface area contributed by atoms with Crippen LogP contribution in [0.15, 0.2) is 39.8 Å². The van der Waals surface area contributed by atoms with E-state index in [4.69, 9.17) is 11.6 Å². The van der Waals surface area contributed by atoms with E-state index in [0.717, 1.165) is 11.8 Å². The number of rotatable bonds is 3. The number of hydrogen-bond donors (Lipinski definition) is 1. The van der Waals surface area contributed by atoms with Crippen molar-refractivity contribution in [1.82, 2.24) is 9.71 Å². The first kappa shape index (κ1) is 16.9. The summed E-state index contributed by atoms with van der Waals surface area (Å²) >= 11 is 8.83. The standard InChI is InChI=1S/C14H12BrClN2O3S/c1-8-3-4-11(9(2)5-8)14(19)18-22(20,21)10-6-12(15)13(16)17-7-10/h3-7H,1-2H3,(H,18,19). The summed E-state index contributed by atoms with van der Waals surface area (Å²) in [5.74, 6) is -0.691. The highest BCUT2D eigenvalue weighted by Gasteiger charge is 2.21. The van der Waals surface area contributed by atoms with Gasteiger partial charge in [-0.15, -0.1) is 0 Å². The van der Waals surface area contributed by atoms with Gasteiger partial charge < -0.3 is 0 Å². The Labute approximate surface area is 141 Å². The predicted octanol–water partition coefficient (Wildman–Crippen LogP) is 3.23. The molecule has 2 rings (SSSR count). The first-order chi connectivity index (χ1) is 10.2.